The van der Waals surface area contributed by atoms with E-state index in [1.807, 2.05) is 0 Å². The van der Waals surface area contributed by atoms with Gasteiger partial charge in [0.1, 0.15) is 4.88 Å². The van der Waals surface area contributed by atoms with Crippen molar-refractivity contribution in [2.24, 2.45) is 0 Å². The molecule has 2 heterocycles. The van der Waals surface area contributed by atoms with Gasteiger partial charge in [0, 0.05) is 19.5 Å². The second-order valence-electron chi connectivity index (χ2n) is 4.43. The molecule has 1 N–H and O–H groups in total. The van der Waals surface area contributed by atoms with Gasteiger partial charge >= 0.3 is 5.97 Å². The summed E-state index contributed by atoms with van der Waals surface area (Å²) >= 11 is 1.20. The van der Waals surface area contributed by atoms with Gasteiger partial charge in [0.25, 0.3) is 0 Å². The van der Waals surface area contributed by atoms with Crippen LogP contribution in [0.15, 0.2) is 0 Å². The highest BCUT2D eigenvalue weighted by Crippen LogP contribution is 2.33. The van der Waals surface area contributed by atoms with Crippen molar-refractivity contribution in [2.75, 3.05) is 11.4 Å². The molecule has 0 aliphatic carbocycles. The van der Waals surface area contributed by atoms with Gasteiger partial charge in [-0.1, -0.05) is 18.3 Å². The molecule has 1 fully saturated rings. The number of thiazole rings is 1. The van der Waals surface area contributed by atoms with E-state index in [1.54, 1.807) is 0 Å². The van der Waals surface area contributed by atoms with Crippen molar-refractivity contribution < 1.29 is 14.7 Å². The molecule has 0 amide bonds. The summed E-state index contributed by atoms with van der Waals surface area (Å²) in [6.07, 6.45) is 3.21. The molecule has 0 saturated carbocycles. The molecule has 0 spiro atoms. The Bertz CT molecular complexity index is 452. The van der Waals surface area contributed by atoms with E-state index in [0.717, 1.165) is 25.8 Å². The number of Topliss-reactive ketones (excluding diaryl/α,β-unsaturated/α-hetero) is 1. The standard InChI is InChI=1S/C12H16N2O3S/c1-3-8-5-4-6-14(8)12-13-9(11(16)17)10(18-12)7(2)15/h8H,3-6H2,1-2H3,(H,16,17). The normalized spacial score (nSPS) is 19.2. The SMILES string of the molecule is CCC1CCCN1c1nc(C(=O)O)c(C(C)=O)s1. The molecule has 1 saturated heterocycles. The number of anilines is 1. The van der Waals surface area contributed by atoms with E-state index in [0.29, 0.717) is 11.2 Å². The summed E-state index contributed by atoms with van der Waals surface area (Å²) in [5.74, 6) is -1.36. The van der Waals surface area contributed by atoms with E-state index in [9.17, 15) is 9.59 Å². The topological polar surface area (TPSA) is 70.5 Å². The lowest BCUT2D eigenvalue weighted by Crippen LogP contribution is -2.28. The van der Waals surface area contributed by atoms with Crippen molar-refractivity contribution in [1.29, 1.82) is 0 Å². The minimum absolute atomic E-state index is 0.107. The molecule has 2 rings (SSSR count). The van der Waals surface area contributed by atoms with Crippen molar-refractivity contribution >= 4 is 28.2 Å². The maximum Gasteiger partial charge on any atom is 0.356 e. The monoisotopic (exact) mass is 268 g/mol. The quantitative estimate of drug-likeness (QED) is 0.849. The minimum atomic E-state index is -1.13. The van der Waals surface area contributed by atoms with Gasteiger partial charge in [-0.3, -0.25) is 4.79 Å². The first-order chi connectivity index (χ1) is 8.54. The Hall–Kier alpha value is -1.43. The summed E-state index contributed by atoms with van der Waals surface area (Å²) in [6, 6.07) is 0.414. The van der Waals surface area contributed by atoms with Crippen LogP contribution in [-0.2, 0) is 0 Å². The Morgan fingerprint density at radius 1 is 1.56 bits per heavy atom. The summed E-state index contributed by atoms with van der Waals surface area (Å²) in [4.78, 5) is 29.0. The molecule has 5 nitrogen and oxygen atoms in total. The Morgan fingerprint density at radius 3 is 2.78 bits per heavy atom. The zero-order valence-corrected chi connectivity index (χ0v) is 11.3. The lowest BCUT2D eigenvalue weighted by molar-refractivity contribution is 0.0687. The van der Waals surface area contributed by atoms with E-state index < -0.39 is 5.97 Å². The smallest absolute Gasteiger partial charge is 0.356 e. The largest absolute Gasteiger partial charge is 0.476 e. The van der Waals surface area contributed by atoms with Gasteiger partial charge in [0.05, 0.1) is 0 Å². The molecule has 98 valence electrons. The summed E-state index contributed by atoms with van der Waals surface area (Å²) in [5.41, 5.74) is -0.107. The number of ketones is 1. The van der Waals surface area contributed by atoms with Crippen molar-refractivity contribution in [2.45, 2.75) is 39.2 Å². The number of carbonyl (C=O) groups excluding carboxylic acids is 1. The molecule has 0 radical (unpaired) electrons. The summed E-state index contributed by atoms with van der Waals surface area (Å²) < 4.78 is 0. The van der Waals surface area contributed by atoms with Crippen LogP contribution in [0.2, 0.25) is 0 Å². The molecule has 1 atom stereocenters. The van der Waals surface area contributed by atoms with Crippen molar-refractivity contribution in [3.63, 3.8) is 0 Å². The van der Waals surface area contributed by atoms with Gasteiger partial charge in [0.15, 0.2) is 16.6 Å². The average molecular weight is 268 g/mol. The van der Waals surface area contributed by atoms with Crippen molar-refractivity contribution in [1.82, 2.24) is 4.98 Å². The Kier molecular flexibility index (Phi) is 3.65. The highest BCUT2D eigenvalue weighted by molar-refractivity contribution is 7.17. The average Bonchev–Trinajstić information content (AvgIpc) is 2.94. The molecule has 1 aliphatic rings. The number of carboxylic acid groups (broad SMARTS) is 1. The summed E-state index contributed by atoms with van der Waals surface area (Å²) in [6.45, 7) is 4.38. The summed E-state index contributed by atoms with van der Waals surface area (Å²) in [5, 5.41) is 9.74. The van der Waals surface area contributed by atoms with Gasteiger partial charge < -0.3 is 10.0 Å². The lowest BCUT2D eigenvalue weighted by atomic mass is 10.2. The van der Waals surface area contributed by atoms with Crippen LogP contribution in [0, 0.1) is 0 Å². The second kappa shape index (κ2) is 5.06. The molecular weight excluding hydrogens is 252 g/mol. The summed E-state index contributed by atoms with van der Waals surface area (Å²) in [7, 11) is 0. The van der Waals surface area contributed by atoms with Crippen LogP contribution in [0.1, 0.15) is 53.3 Å². The number of rotatable bonds is 4. The predicted octanol–water partition coefficient (Wildman–Crippen LogP) is 2.42. The van der Waals surface area contributed by atoms with E-state index in [1.165, 1.54) is 18.3 Å². The van der Waals surface area contributed by atoms with Crippen molar-refractivity contribution in [3.8, 4) is 0 Å². The number of nitrogens with zero attached hydrogens (tertiary/aromatic N) is 2. The van der Waals surface area contributed by atoms with Crippen LogP contribution in [-0.4, -0.2) is 34.4 Å². The van der Waals surface area contributed by atoms with Crippen LogP contribution in [0.25, 0.3) is 0 Å². The fourth-order valence-corrected chi connectivity index (χ4v) is 3.38. The predicted molar refractivity (Wildman–Crippen MR) is 69.7 cm³/mol. The van der Waals surface area contributed by atoms with Crippen LogP contribution in [0.4, 0.5) is 5.13 Å². The molecule has 18 heavy (non-hydrogen) atoms. The molecule has 1 aromatic heterocycles. The third kappa shape index (κ3) is 2.25. The van der Waals surface area contributed by atoms with Gasteiger partial charge in [0.2, 0.25) is 0 Å². The maximum atomic E-state index is 11.4. The van der Waals surface area contributed by atoms with Gasteiger partial charge in [-0.15, -0.1) is 0 Å². The highest BCUT2D eigenvalue weighted by Gasteiger charge is 2.29. The Morgan fingerprint density at radius 2 is 2.28 bits per heavy atom. The second-order valence-corrected chi connectivity index (χ2v) is 5.41. The number of carboxylic acids is 1. The number of hydrogen-bond donors (Lipinski definition) is 1. The van der Waals surface area contributed by atoms with Crippen LogP contribution >= 0.6 is 11.3 Å². The molecule has 6 heteroatoms. The molecule has 0 bridgehead atoms. The third-order valence-electron chi connectivity index (χ3n) is 3.23. The third-order valence-corrected chi connectivity index (χ3v) is 4.43. The van der Waals surface area contributed by atoms with E-state index in [4.69, 9.17) is 5.11 Å². The zero-order chi connectivity index (χ0) is 13.3. The first-order valence-electron chi connectivity index (χ1n) is 6.06. The Labute approximate surface area is 109 Å². The first-order valence-corrected chi connectivity index (χ1v) is 6.88. The van der Waals surface area contributed by atoms with Gasteiger partial charge in [-0.05, 0) is 19.3 Å². The number of aromatic carboxylic acids is 1. The zero-order valence-electron chi connectivity index (χ0n) is 10.5. The number of carbonyl (C=O) groups is 2. The molecule has 1 unspecified atom stereocenters. The fraction of sp³-hybridized carbons (Fsp3) is 0.583. The Balaban J connectivity index is 2.37. The van der Waals surface area contributed by atoms with Gasteiger partial charge in [-0.25, -0.2) is 9.78 Å². The first kappa shape index (κ1) is 13.0. The van der Waals surface area contributed by atoms with E-state index in [-0.39, 0.29) is 16.4 Å². The highest BCUT2D eigenvalue weighted by atomic mass is 32.1. The van der Waals surface area contributed by atoms with Crippen molar-refractivity contribution in [3.05, 3.63) is 10.6 Å². The number of hydrogen-bond acceptors (Lipinski definition) is 5. The minimum Gasteiger partial charge on any atom is -0.476 e. The van der Waals surface area contributed by atoms with Crippen LogP contribution in [0.5, 0.6) is 0 Å². The van der Waals surface area contributed by atoms with Gasteiger partial charge in [-0.2, -0.15) is 0 Å². The van der Waals surface area contributed by atoms with Crippen LogP contribution in [0.3, 0.4) is 0 Å². The fourth-order valence-electron chi connectivity index (χ4n) is 2.33. The number of aromatic nitrogens is 1. The lowest BCUT2D eigenvalue weighted by Gasteiger charge is -2.22. The van der Waals surface area contributed by atoms with E-state index >= 15 is 0 Å². The van der Waals surface area contributed by atoms with Crippen LogP contribution < -0.4 is 4.90 Å². The molecule has 1 aliphatic heterocycles. The molecule has 1 aromatic rings. The maximum absolute atomic E-state index is 11.4. The molecule has 0 aromatic carbocycles. The molecular formula is C12H16N2O3S. The van der Waals surface area contributed by atoms with E-state index in [2.05, 4.69) is 16.8 Å².